The molecule has 2 N–H and O–H groups in total. The van der Waals surface area contributed by atoms with Crippen molar-refractivity contribution in [2.75, 3.05) is 26.2 Å². The molecule has 2 rings (SSSR count). The van der Waals surface area contributed by atoms with E-state index in [1.165, 1.54) is 0 Å². The minimum atomic E-state index is -0.000915. The average Bonchev–Trinajstić information content (AvgIpc) is 2.94. The number of hydrogen-bond acceptors (Lipinski definition) is 3. The van der Waals surface area contributed by atoms with Crippen molar-refractivity contribution >= 4 is 17.5 Å². The van der Waals surface area contributed by atoms with Gasteiger partial charge in [-0.05, 0) is 37.1 Å². The van der Waals surface area contributed by atoms with Gasteiger partial charge in [0.25, 0.3) is 0 Å². The molecule has 1 atom stereocenters. The number of carbonyl (C=O) groups is 1. The summed E-state index contributed by atoms with van der Waals surface area (Å²) in [7, 11) is 0. The van der Waals surface area contributed by atoms with Crippen molar-refractivity contribution in [1.82, 2.24) is 10.2 Å². The highest BCUT2D eigenvalue weighted by Gasteiger charge is 2.21. The molecule has 5 heteroatoms. The number of benzene rings is 1. The van der Waals surface area contributed by atoms with Gasteiger partial charge in [-0.3, -0.25) is 4.79 Å². The highest BCUT2D eigenvalue weighted by atomic mass is 35.5. The minimum absolute atomic E-state index is 0.000915. The lowest BCUT2D eigenvalue weighted by molar-refractivity contribution is -0.131. The Kier molecular flexibility index (Phi) is 5.83. The monoisotopic (exact) mass is 296 g/mol. The van der Waals surface area contributed by atoms with E-state index < -0.39 is 0 Å². The van der Waals surface area contributed by atoms with Crippen molar-refractivity contribution in [1.29, 1.82) is 0 Å². The molecule has 0 aromatic heterocycles. The number of rotatable bonds is 6. The van der Waals surface area contributed by atoms with E-state index in [2.05, 4.69) is 5.32 Å². The SMILES string of the molecule is O=C(Cc1ccc(Cl)cc1)N(CCO)CC1CCCN1. The third-order valence-corrected chi connectivity index (χ3v) is 3.85. The predicted molar refractivity (Wildman–Crippen MR) is 79.8 cm³/mol. The van der Waals surface area contributed by atoms with Crippen LogP contribution in [0.2, 0.25) is 5.02 Å². The first kappa shape index (κ1) is 15.3. The number of nitrogens with one attached hydrogen (secondary N) is 1. The van der Waals surface area contributed by atoms with Crippen LogP contribution in [0.5, 0.6) is 0 Å². The maximum absolute atomic E-state index is 12.3. The largest absolute Gasteiger partial charge is 0.395 e. The van der Waals surface area contributed by atoms with Gasteiger partial charge >= 0.3 is 0 Å². The molecule has 20 heavy (non-hydrogen) atoms. The second-order valence-electron chi connectivity index (χ2n) is 5.16. The Labute approximate surface area is 124 Å². The van der Waals surface area contributed by atoms with E-state index in [0.717, 1.165) is 24.9 Å². The second kappa shape index (κ2) is 7.62. The molecule has 0 bridgehead atoms. The smallest absolute Gasteiger partial charge is 0.227 e. The third kappa shape index (κ3) is 4.47. The Morgan fingerprint density at radius 1 is 1.40 bits per heavy atom. The van der Waals surface area contributed by atoms with Gasteiger partial charge in [-0.2, -0.15) is 0 Å². The lowest BCUT2D eigenvalue weighted by Crippen LogP contribution is -2.43. The summed E-state index contributed by atoms with van der Waals surface area (Å²) < 4.78 is 0. The lowest BCUT2D eigenvalue weighted by atomic mass is 10.1. The van der Waals surface area contributed by atoms with E-state index in [-0.39, 0.29) is 12.5 Å². The zero-order valence-electron chi connectivity index (χ0n) is 11.5. The second-order valence-corrected chi connectivity index (χ2v) is 5.60. The topological polar surface area (TPSA) is 52.6 Å². The maximum atomic E-state index is 12.3. The van der Waals surface area contributed by atoms with Crippen molar-refractivity contribution in [3.63, 3.8) is 0 Å². The number of carbonyl (C=O) groups excluding carboxylic acids is 1. The Morgan fingerprint density at radius 3 is 2.75 bits per heavy atom. The zero-order chi connectivity index (χ0) is 14.4. The van der Waals surface area contributed by atoms with Gasteiger partial charge in [-0.25, -0.2) is 0 Å². The number of nitrogens with zero attached hydrogens (tertiary/aromatic N) is 1. The number of amides is 1. The molecule has 1 aliphatic rings. The Bertz CT molecular complexity index is 430. The van der Waals surface area contributed by atoms with Crippen LogP contribution in [0.1, 0.15) is 18.4 Å². The van der Waals surface area contributed by atoms with E-state index >= 15 is 0 Å². The van der Waals surface area contributed by atoms with Crippen LogP contribution in [-0.2, 0) is 11.2 Å². The molecule has 0 saturated carbocycles. The van der Waals surface area contributed by atoms with Gasteiger partial charge in [0, 0.05) is 24.2 Å². The summed E-state index contributed by atoms with van der Waals surface area (Å²) in [5.74, 6) is 0.0510. The molecule has 0 spiro atoms. The Balaban J connectivity index is 1.93. The standard InChI is InChI=1S/C15H21ClN2O2/c16-13-5-3-12(4-6-13)10-15(20)18(8-9-19)11-14-2-1-7-17-14/h3-6,14,17,19H,1-2,7-11H2. The van der Waals surface area contributed by atoms with E-state index in [4.69, 9.17) is 16.7 Å². The highest BCUT2D eigenvalue weighted by molar-refractivity contribution is 6.30. The third-order valence-electron chi connectivity index (χ3n) is 3.59. The van der Waals surface area contributed by atoms with Crippen molar-refractivity contribution in [2.45, 2.75) is 25.3 Å². The van der Waals surface area contributed by atoms with Crippen LogP contribution in [0.3, 0.4) is 0 Å². The van der Waals surface area contributed by atoms with Gasteiger partial charge in [-0.1, -0.05) is 23.7 Å². The minimum Gasteiger partial charge on any atom is -0.395 e. The average molecular weight is 297 g/mol. The fourth-order valence-electron chi connectivity index (χ4n) is 2.51. The molecule has 1 aromatic rings. The van der Waals surface area contributed by atoms with Crippen molar-refractivity contribution < 1.29 is 9.90 Å². The van der Waals surface area contributed by atoms with Crippen molar-refractivity contribution in [3.8, 4) is 0 Å². The van der Waals surface area contributed by atoms with Crippen LogP contribution < -0.4 is 5.32 Å². The van der Waals surface area contributed by atoms with Gasteiger partial charge in [0.15, 0.2) is 0 Å². The number of aliphatic hydroxyl groups excluding tert-OH is 1. The molecule has 1 heterocycles. The summed E-state index contributed by atoms with van der Waals surface area (Å²) >= 11 is 5.84. The van der Waals surface area contributed by atoms with Gasteiger partial charge in [0.1, 0.15) is 0 Å². The van der Waals surface area contributed by atoms with Gasteiger partial charge in [0.2, 0.25) is 5.91 Å². The quantitative estimate of drug-likeness (QED) is 0.835. The Morgan fingerprint density at radius 2 is 2.15 bits per heavy atom. The number of aliphatic hydroxyl groups is 1. The van der Waals surface area contributed by atoms with Crippen LogP contribution in [0.4, 0.5) is 0 Å². The molecule has 1 aliphatic heterocycles. The van der Waals surface area contributed by atoms with Crippen molar-refractivity contribution in [2.24, 2.45) is 0 Å². The first-order valence-electron chi connectivity index (χ1n) is 7.05. The molecular weight excluding hydrogens is 276 g/mol. The molecular formula is C15H21ClN2O2. The summed E-state index contributed by atoms with van der Waals surface area (Å²) in [5, 5.41) is 13.2. The van der Waals surface area contributed by atoms with Crippen molar-refractivity contribution in [3.05, 3.63) is 34.9 Å². The number of hydrogen-bond donors (Lipinski definition) is 2. The summed E-state index contributed by atoms with van der Waals surface area (Å²) in [6.45, 7) is 2.08. The molecule has 1 fully saturated rings. The molecule has 1 saturated heterocycles. The molecule has 1 aromatic carbocycles. The van der Waals surface area contributed by atoms with Crippen LogP contribution in [0.25, 0.3) is 0 Å². The molecule has 0 radical (unpaired) electrons. The molecule has 0 aliphatic carbocycles. The fourth-order valence-corrected chi connectivity index (χ4v) is 2.63. The summed E-state index contributed by atoms with van der Waals surface area (Å²) in [4.78, 5) is 14.1. The van der Waals surface area contributed by atoms with Gasteiger partial charge < -0.3 is 15.3 Å². The van der Waals surface area contributed by atoms with Crippen LogP contribution in [0, 0.1) is 0 Å². The molecule has 110 valence electrons. The van der Waals surface area contributed by atoms with E-state index in [1.807, 2.05) is 12.1 Å². The molecule has 1 amide bonds. The van der Waals surface area contributed by atoms with Gasteiger partial charge in [0.05, 0.1) is 13.0 Å². The summed E-state index contributed by atoms with van der Waals surface area (Å²) in [6.07, 6.45) is 2.60. The molecule has 4 nitrogen and oxygen atoms in total. The first-order chi connectivity index (χ1) is 9.69. The summed E-state index contributed by atoms with van der Waals surface area (Å²) in [5.41, 5.74) is 0.946. The summed E-state index contributed by atoms with van der Waals surface area (Å²) in [6, 6.07) is 7.67. The van der Waals surface area contributed by atoms with E-state index in [1.54, 1.807) is 17.0 Å². The van der Waals surface area contributed by atoms with Crippen LogP contribution >= 0.6 is 11.6 Å². The Hall–Kier alpha value is -1.10. The van der Waals surface area contributed by atoms with E-state index in [9.17, 15) is 4.79 Å². The van der Waals surface area contributed by atoms with E-state index in [0.29, 0.717) is 30.6 Å². The van der Waals surface area contributed by atoms with Crippen LogP contribution in [0.15, 0.2) is 24.3 Å². The highest BCUT2D eigenvalue weighted by Crippen LogP contribution is 2.12. The first-order valence-corrected chi connectivity index (χ1v) is 7.43. The lowest BCUT2D eigenvalue weighted by Gasteiger charge is -2.25. The predicted octanol–water partition coefficient (Wildman–Crippen LogP) is 1.46. The zero-order valence-corrected chi connectivity index (χ0v) is 12.3. The maximum Gasteiger partial charge on any atom is 0.227 e. The van der Waals surface area contributed by atoms with Gasteiger partial charge in [-0.15, -0.1) is 0 Å². The molecule has 1 unspecified atom stereocenters. The van der Waals surface area contributed by atoms with Crippen LogP contribution in [-0.4, -0.2) is 48.2 Å². The number of halogens is 1. The fraction of sp³-hybridized carbons (Fsp3) is 0.533. The normalized spacial score (nSPS) is 18.2.